The number of hydrogen-bond acceptors (Lipinski definition) is 7. The number of nitrogens with zero attached hydrogens (tertiary/aromatic N) is 5. The number of hydrogen-bond donors (Lipinski definition) is 3. The number of fused-ring (bicyclic) bond motifs is 1. The number of anilines is 1. The van der Waals surface area contributed by atoms with Gasteiger partial charge in [-0.3, -0.25) is 14.9 Å². The second-order valence-electron chi connectivity index (χ2n) is 10.4. The molecule has 39 heavy (non-hydrogen) atoms. The zero-order chi connectivity index (χ0) is 27.6. The molecule has 0 bridgehead atoms. The third-order valence-corrected chi connectivity index (χ3v) is 7.77. The van der Waals surface area contributed by atoms with Crippen LogP contribution in [0.4, 0.5) is 5.95 Å². The molecule has 4 aromatic rings. The quantitative estimate of drug-likeness (QED) is 0.261. The van der Waals surface area contributed by atoms with Gasteiger partial charge >= 0.3 is 0 Å². The van der Waals surface area contributed by atoms with E-state index in [0.29, 0.717) is 37.0 Å². The number of thiophene rings is 1. The number of likely N-dealkylation sites (tertiary alicyclic amines) is 1. The Bertz CT molecular complexity index is 1480. The summed E-state index contributed by atoms with van der Waals surface area (Å²) in [7, 11) is 0. The van der Waals surface area contributed by atoms with E-state index in [2.05, 4.69) is 22.3 Å². The summed E-state index contributed by atoms with van der Waals surface area (Å²) in [5, 5.41) is 21.3. The molecule has 1 atom stereocenters. The maximum atomic E-state index is 13.3. The highest BCUT2D eigenvalue weighted by Gasteiger charge is 2.29. The number of carbonyl (C=O) groups is 2. The maximum Gasteiger partial charge on any atom is 0.268 e. The van der Waals surface area contributed by atoms with E-state index in [1.165, 1.54) is 17.4 Å². The molecule has 11 heteroatoms. The zero-order valence-electron chi connectivity index (χ0n) is 22.1. The summed E-state index contributed by atoms with van der Waals surface area (Å²) in [6.07, 6.45) is 6.66. The van der Waals surface area contributed by atoms with Crippen LogP contribution in [0.5, 0.6) is 0 Å². The lowest BCUT2D eigenvalue weighted by Crippen LogP contribution is -2.37. The molecule has 0 saturated carbocycles. The summed E-state index contributed by atoms with van der Waals surface area (Å²) in [6, 6.07) is 11.4. The van der Waals surface area contributed by atoms with Crippen molar-refractivity contribution in [2.75, 3.05) is 18.4 Å². The van der Waals surface area contributed by atoms with Crippen molar-refractivity contribution in [2.45, 2.75) is 51.4 Å². The Morgan fingerprint density at radius 2 is 2.13 bits per heavy atom. The van der Waals surface area contributed by atoms with Gasteiger partial charge in [-0.05, 0) is 68.7 Å². The van der Waals surface area contributed by atoms with Crippen LogP contribution in [-0.4, -0.2) is 65.9 Å². The Labute approximate surface area is 231 Å². The first-order valence-corrected chi connectivity index (χ1v) is 13.8. The fourth-order valence-corrected chi connectivity index (χ4v) is 5.70. The normalized spacial score (nSPS) is 15.7. The third-order valence-electron chi connectivity index (χ3n) is 6.70. The number of carbonyl (C=O) groups excluding carboxylic acids is 2. The van der Waals surface area contributed by atoms with Gasteiger partial charge in [0.15, 0.2) is 0 Å². The Hall–Kier alpha value is -3.80. The van der Waals surface area contributed by atoms with Crippen molar-refractivity contribution in [3.8, 4) is 5.00 Å². The highest BCUT2D eigenvalue weighted by Crippen LogP contribution is 2.27. The van der Waals surface area contributed by atoms with E-state index in [9.17, 15) is 14.7 Å². The Morgan fingerprint density at radius 3 is 2.87 bits per heavy atom. The van der Waals surface area contributed by atoms with Crippen LogP contribution in [0.2, 0.25) is 0 Å². The first-order valence-electron chi connectivity index (χ1n) is 13.0. The van der Waals surface area contributed by atoms with Gasteiger partial charge in [0.25, 0.3) is 5.91 Å². The van der Waals surface area contributed by atoms with Gasteiger partial charge < -0.3 is 19.9 Å². The van der Waals surface area contributed by atoms with E-state index in [1.54, 1.807) is 30.8 Å². The topological polar surface area (TPSA) is 117 Å². The minimum Gasteiger partial charge on any atom is -0.389 e. The largest absolute Gasteiger partial charge is 0.389 e. The van der Waals surface area contributed by atoms with Gasteiger partial charge in [-0.25, -0.2) is 9.67 Å². The maximum absolute atomic E-state index is 13.3. The predicted molar refractivity (Wildman–Crippen MR) is 152 cm³/mol. The van der Waals surface area contributed by atoms with Gasteiger partial charge in [0, 0.05) is 38.6 Å². The SMILES string of the molecule is C=CC(=O)N1CCC[C@@H]1Cn1c(NC(=O)c2ccc(-n3cccn3)s2)nc2cc(CNCC(C)(C)O)ccc21. The Kier molecular flexibility index (Phi) is 7.65. The molecule has 2 amide bonds. The number of rotatable bonds is 10. The Balaban J connectivity index is 1.43. The van der Waals surface area contributed by atoms with Crippen molar-refractivity contribution in [1.82, 2.24) is 29.5 Å². The average molecular weight is 548 g/mol. The lowest BCUT2D eigenvalue weighted by molar-refractivity contribution is -0.126. The third kappa shape index (κ3) is 6.11. The van der Waals surface area contributed by atoms with Gasteiger partial charge in [0.2, 0.25) is 11.9 Å². The van der Waals surface area contributed by atoms with Crippen molar-refractivity contribution in [3.63, 3.8) is 0 Å². The highest BCUT2D eigenvalue weighted by molar-refractivity contribution is 7.16. The van der Waals surface area contributed by atoms with Crippen LogP contribution < -0.4 is 10.6 Å². The highest BCUT2D eigenvalue weighted by atomic mass is 32.1. The van der Waals surface area contributed by atoms with Crippen molar-refractivity contribution in [1.29, 1.82) is 0 Å². The van der Waals surface area contributed by atoms with Crippen molar-refractivity contribution >= 4 is 40.1 Å². The van der Waals surface area contributed by atoms with E-state index in [1.807, 2.05) is 46.0 Å². The molecule has 10 nitrogen and oxygen atoms in total. The number of aromatic nitrogens is 4. The van der Waals surface area contributed by atoms with E-state index in [-0.39, 0.29) is 17.9 Å². The fraction of sp³-hybridized carbons (Fsp3) is 0.357. The number of nitrogens with one attached hydrogen (secondary N) is 2. The van der Waals surface area contributed by atoms with Gasteiger partial charge in [-0.15, -0.1) is 11.3 Å². The standard InChI is InChI=1S/C28H33N7O3S/c1-4-24(36)33-13-5-7-20(33)17-34-22-9-8-19(16-29-18-28(2,3)38)15-21(22)31-27(34)32-26(37)23-10-11-25(39-23)35-14-6-12-30-35/h4,6,8-12,14-15,20,29,38H,1,5,7,13,16-18H2,2-3H3,(H,31,32,37)/t20-/m1/s1. The van der Waals surface area contributed by atoms with Crippen molar-refractivity contribution in [2.24, 2.45) is 0 Å². The van der Waals surface area contributed by atoms with Gasteiger partial charge in [0.1, 0.15) is 5.00 Å². The molecule has 0 spiro atoms. The molecule has 3 N–H and O–H groups in total. The summed E-state index contributed by atoms with van der Waals surface area (Å²) >= 11 is 1.34. The van der Waals surface area contributed by atoms with Crippen LogP contribution in [0.25, 0.3) is 16.0 Å². The van der Waals surface area contributed by atoms with E-state index < -0.39 is 5.60 Å². The molecule has 204 valence electrons. The van der Waals surface area contributed by atoms with Crippen molar-refractivity contribution in [3.05, 3.63) is 71.9 Å². The van der Waals surface area contributed by atoms with E-state index >= 15 is 0 Å². The molecule has 0 unspecified atom stereocenters. The van der Waals surface area contributed by atoms with Crippen LogP contribution in [0.3, 0.4) is 0 Å². The summed E-state index contributed by atoms with van der Waals surface area (Å²) in [4.78, 5) is 32.9. The first kappa shape index (κ1) is 26.8. The molecular weight excluding hydrogens is 514 g/mol. The van der Waals surface area contributed by atoms with Crippen molar-refractivity contribution < 1.29 is 14.7 Å². The second kappa shape index (κ2) is 11.1. The van der Waals surface area contributed by atoms with Gasteiger partial charge in [-0.2, -0.15) is 5.10 Å². The smallest absolute Gasteiger partial charge is 0.268 e. The fourth-order valence-electron chi connectivity index (χ4n) is 4.86. The molecule has 1 aliphatic heterocycles. The first-order chi connectivity index (χ1) is 18.7. The zero-order valence-corrected chi connectivity index (χ0v) is 22.9. The summed E-state index contributed by atoms with van der Waals surface area (Å²) in [5.41, 5.74) is 1.83. The molecule has 1 aromatic carbocycles. The van der Waals surface area contributed by atoms with Crippen LogP contribution in [-0.2, 0) is 17.9 Å². The van der Waals surface area contributed by atoms with Crippen LogP contribution in [0.1, 0.15) is 41.9 Å². The van der Waals surface area contributed by atoms with E-state index in [4.69, 9.17) is 4.98 Å². The van der Waals surface area contributed by atoms with E-state index in [0.717, 1.165) is 34.4 Å². The minimum absolute atomic E-state index is 0.0233. The molecule has 0 aliphatic carbocycles. The monoisotopic (exact) mass is 547 g/mol. The van der Waals surface area contributed by atoms with Crippen LogP contribution >= 0.6 is 11.3 Å². The summed E-state index contributed by atoms with van der Waals surface area (Å²) < 4.78 is 3.71. The second-order valence-corrected chi connectivity index (χ2v) is 11.4. The molecule has 0 radical (unpaired) electrons. The van der Waals surface area contributed by atoms with Crippen LogP contribution in [0, 0.1) is 0 Å². The number of imidazole rings is 1. The van der Waals surface area contributed by atoms with Gasteiger partial charge in [0.05, 0.1) is 27.6 Å². The van der Waals surface area contributed by atoms with Crippen LogP contribution in [0.15, 0.2) is 61.4 Å². The molecule has 1 fully saturated rings. The lowest BCUT2D eigenvalue weighted by Gasteiger charge is -2.24. The molecule has 5 rings (SSSR count). The summed E-state index contributed by atoms with van der Waals surface area (Å²) in [5.74, 6) is 0.0911. The lowest BCUT2D eigenvalue weighted by atomic mass is 10.1. The average Bonchev–Trinajstić information content (AvgIpc) is 3.70. The van der Waals surface area contributed by atoms with Gasteiger partial charge in [-0.1, -0.05) is 12.6 Å². The minimum atomic E-state index is -0.807. The number of aliphatic hydroxyl groups is 1. The number of benzene rings is 1. The molecule has 3 aromatic heterocycles. The number of amides is 2. The molecular formula is C28H33N7O3S. The molecule has 4 heterocycles. The Morgan fingerprint density at radius 1 is 1.28 bits per heavy atom. The molecule has 1 saturated heterocycles. The predicted octanol–water partition coefficient (Wildman–Crippen LogP) is 3.57. The summed E-state index contributed by atoms with van der Waals surface area (Å²) in [6.45, 7) is 9.39. The molecule has 1 aliphatic rings.